The van der Waals surface area contributed by atoms with Gasteiger partial charge in [-0.05, 0) is 23.8 Å². The summed E-state index contributed by atoms with van der Waals surface area (Å²) in [6, 6.07) is 11.8. The van der Waals surface area contributed by atoms with Crippen LogP contribution in [-0.2, 0) is 14.3 Å². The standard InChI is InChI=1S/C19H18ClNO5/c1-24-15-11-12(10-14(20)18(15)25-2)8-9-16(22)26-17(19(21)23)13-6-4-3-5-7-13/h3-11,17H,1-2H3,(H2,21,23)/b9-8+. The molecule has 0 saturated carbocycles. The monoisotopic (exact) mass is 375 g/mol. The van der Waals surface area contributed by atoms with Crippen molar-refractivity contribution in [2.24, 2.45) is 5.73 Å². The van der Waals surface area contributed by atoms with Crippen LogP contribution in [0.2, 0.25) is 5.02 Å². The van der Waals surface area contributed by atoms with Gasteiger partial charge in [0, 0.05) is 11.6 Å². The predicted molar refractivity (Wildman–Crippen MR) is 98.1 cm³/mol. The number of hydrogen-bond donors (Lipinski definition) is 1. The topological polar surface area (TPSA) is 87.9 Å². The smallest absolute Gasteiger partial charge is 0.331 e. The quantitative estimate of drug-likeness (QED) is 0.593. The Labute approximate surface area is 156 Å². The molecule has 0 aliphatic heterocycles. The van der Waals surface area contributed by atoms with E-state index >= 15 is 0 Å². The number of halogens is 1. The zero-order valence-electron chi connectivity index (χ0n) is 14.3. The Morgan fingerprint density at radius 2 is 1.81 bits per heavy atom. The second-order valence-electron chi connectivity index (χ2n) is 5.20. The van der Waals surface area contributed by atoms with Crippen molar-refractivity contribution in [3.05, 3.63) is 64.7 Å². The minimum absolute atomic E-state index is 0.333. The van der Waals surface area contributed by atoms with Crippen molar-refractivity contribution in [2.75, 3.05) is 14.2 Å². The van der Waals surface area contributed by atoms with Gasteiger partial charge in [-0.15, -0.1) is 0 Å². The molecule has 2 aromatic rings. The van der Waals surface area contributed by atoms with Crippen LogP contribution in [0.15, 0.2) is 48.5 Å². The van der Waals surface area contributed by atoms with E-state index in [9.17, 15) is 9.59 Å². The summed E-state index contributed by atoms with van der Waals surface area (Å²) in [4.78, 5) is 23.6. The first-order chi connectivity index (χ1) is 12.5. The van der Waals surface area contributed by atoms with Crippen LogP contribution in [0.5, 0.6) is 11.5 Å². The zero-order chi connectivity index (χ0) is 19.1. The highest BCUT2D eigenvalue weighted by molar-refractivity contribution is 6.32. The number of amides is 1. The van der Waals surface area contributed by atoms with Crippen LogP contribution in [0.1, 0.15) is 17.2 Å². The summed E-state index contributed by atoms with van der Waals surface area (Å²) < 4.78 is 15.5. The van der Waals surface area contributed by atoms with Crippen LogP contribution in [0, 0.1) is 0 Å². The van der Waals surface area contributed by atoms with Gasteiger partial charge >= 0.3 is 5.97 Å². The molecule has 2 N–H and O–H groups in total. The molecule has 0 aliphatic rings. The second kappa shape index (κ2) is 8.92. The lowest BCUT2D eigenvalue weighted by Crippen LogP contribution is -2.25. The van der Waals surface area contributed by atoms with Gasteiger partial charge in [-0.25, -0.2) is 4.79 Å². The van der Waals surface area contributed by atoms with Crippen molar-refractivity contribution in [3.63, 3.8) is 0 Å². The molecule has 2 rings (SSSR count). The van der Waals surface area contributed by atoms with Crippen LogP contribution in [0.3, 0.4) is 0 Å². The van der Waals surface area contributed by atoms with E-state index in [1.807, 2.05) is 0 Å². The van der Waals surface area contributed by atoms with Gasteiger partial charge in [0.05, 0.1) is 19.2 Å². The molecule has 136 valence electrons. The first-order valence-corrected chi connectivity index (χ1v) is 7.98. The molecule has 26 heavy (non-hydrogen) atoms. The predicted octanol–water partition coefficient (Wildman–Crippen LogP) is 3.14. The van der Waals surface area contributed by atoms with Gasteiger partial charge < -0.3 is 19.9 Å². The number of nitrogens with two attached hydrogens (primary N) is 1. The maximum Gasteiger partial charge on any atom is 0.331 e. The molecule has 1 unspecified atom stereocenters. The largest absolute Gasteiger partial charge is 0.493 e. The Bertz CT molecular complexity index is 820. The third-order valence-corrected chi connectivity index (χ3v) is 3.74. The second-order valence-corrected chi connectivity index (χ2v) is 5.61. The van der Waals surface area contributed by atoms with Gasteiger partial charge in [-0.3, -0.25) is 4.79 Å². The highest BCUT2D eigenvalue weighted by atomic mass is 35.5. The van der Waals surface area contributed by atoms with Crippen LogP contribution in [-0.4, -0.2) is 26.1 Å². The molecule has 2 aromatic carbocycles. The van der Waals surface area contributed by atoms with E-state index in [1.54, 1.807) is 42.5 Å². The fourth-order valence-electron chi connectivity index (χ4n) is 2.27. The summed E-state index contributed by atoms with van der Waals surface area (Å²) in [5.74, 6) is -0.658. The summed E-state index contributed by atoms with van der Waals surface area (Å²) in [7, 11) is 2.96. The molecule has 1 amide bonds. The van der Waals surface area contributed by atoms with E-state index in [4.69, 9.17) is 31.5 Å². The van der Waals surface area contributed by atoms with Crippen molar-refractivity contribution in [2.45, 2.75) is 6.10 Å². The molecule has 0 fully saturated rings. The van der Waals surface area contributed by atoms with Crippen molar-refractivity contribution in [3.8, 4) is 11.5 Å². The Morgan fingerprint density at radius 3 is 2.38 bits per heavy atom. The fourth-order valence-corrected chi connectivity index (χ4v) is 2.57. The molecule has 7 heteroatoms. The number of ether oxygens (including phenoxy) is 3. The lowest BCUT2D eigenvalue weighted by Gasteiger charge is -2.13. The third-order valence-electron chi connectivity index (χ3n) is 3.46. The molecular weight excluding hydrogens is 358 g/mol. The van der Waals surface area contributed by atoms with E-state index in [0.29, 0.717) is 27.6 Å². The van der Waals surface area contributed by atoms with Gasteiger partial charge in [0.15, 0.2) is 11.5 Å². The normalized spacial score (nSPS) is 11.8. The Kier molecular flexibility index (Phi) is 6.63. The SMILES string of the molecule is COc1cc(/C=C/C(=O)OC(C(N)=O)c2ccccc2)cc(Cl)c1OC. The third kappa shape index (κ3) is 4.77. The highest BCUT2D eigenvalue weighted by Gasteiger charge is 2.21. The minimum Gasteiger partial charge on any atom is -0.493 e. The van der Waals surface area contributed by atoms with Gasteiger partial charge in [0.25, 0.3) is 5.91 Å². The van der Waals surface area contributed by atoms with Gasteiger partial charge in [-0.1, -0.05) is 41.9 Å². The molecule has 0 bridgehead atoms. The number of methoxy groups -OCH3 is 2. The van der Waals surface area contributed by atoms with E-state index < -0.39 is 18.0 Å². The lowest BCUT2D eigenvalue weighted by molar-refractivity contribution is -0.150. The van der Waals surface area contributed by atoms with Crippen LogP contribution >= 0.6 is 11.6 Å². The van der Waals surface area contributed by atoms with Gasteiger partial charge in [0.1, 0.15) is 0 Å². The summed E-state index contributed by atoms with van der Waals surface area (Å²) in [5.41, 5.74) is 6.42. The lowest BCUT2D eigenvalue weighted by atomic mass is 10.1. The first kappa shape index (κ1) is 19.3. The van der Waals surface area contributed by atoms with E-state index in [1.165, 1.54) is 26.4 Å². The number of hydrogen-bond acceptors (Lipinski definition) is 5. The molecule has 0 aliphatic carbocycles. The molecule has 0 heterocycles. The average molecular weight is 376 g/mol. The number of carbonyl (C=O) groups is 2. The highest BCUT2D eigenvalue weighted by Crippen LogP contribution is 2.36. The first-order valence-electron chi connectivity index (χ1n) is 7.60. The van der Waals surface area contributed by atoms with Crippen molar-refractivity contribution in [1.82, 2.24) is 0 Å². The molecule has 6 nitrogen and oxygen atoms in total. The number of primary amides is 1. The number of rotatable bonds is 7. The summed E-state index contributed by atoms with van der Waals surface area (Å²) in [6.45, 7) is 0. The molecule has 0 saturated heterocycles. The average Bonchev–Trinajstić information content (AvgIpc) is 2.64. The van der Waals surface area contributed by atoms with Gasteiger partial charge in [0.2, 0.25) is 6.10 Å². The van der Waals surface area contributed by atoms with Crippen molar-refractivity contribution in [1.29, 1.82) is 0 Å². The minimum atomic E-state index is -1.16. The molecule has 1 atom stereocenters. The van der Waals surface area contributed by atoms with Crippen LogP contribution in [0.25, 0.3) is 6.08 Å². The number of benzene rings is 2. The molecular formula is C19H18ClNO5. The molecule has 0 spiro atoms. The Morgan fingerprint density at radius 1 is 1.12 bits per heavy atom. The van der Waals surface area contributed by atoms with Crippen molar-refractivity contribution < 1.29 is 23.8 Å². The van der Waals surface area contributed by atoms with Gasteiger partial charge in [-0.2, -0.15) is 0 Å². The molecule has 0 aromatic heterocycles. The van der Waals surface area contributed by atoms with E-state index in [-0.39, 0.29) is 0 Å². The Balaban J connectivity index is 2.16. The Hall–Kier alpha value is -2.99. The summed E-state index contributed by atoms with van der Waals surface area (Å²) in [6.07, 6.45) is 1.50. The number of esters is 1. The zero-order valence-corrected chi connectivity index (χ0v) is 15.0. The van der Waals surface area contributed by atoms with Crippen molar-refractivity contribution >= 4 is 29.6 Å². The maximum atomic E-state index is 12.1. The van der Waals surface area contributed by atoms with Crippen LogP contribution < -0.4 is 15.2 Å². The summed E-state index contributed by atoms with van der Waals surface area (Å²) in [5, 5.41) is 0.333. The molecule has 0 radical (unpaired) electrons. The van der Waals surface area contributed by atoms with E-state index in [2.05, 4.69) is 0 Å². The maximum absolute atomic E-state index is 12.1. The van der Waals surface area contributed by atoms with E-state index in [0.717, 1.165) is 0 Å². The van der Waals surface area contributed by atoms with Crippen LogP contribution in [0.4, 0.5) is 0 Å². The number of carbonyl (C=O) groups excluding carboxylic acids is 2. The summed E-state index contributed by atoms with van der Waals surface area (Å²) >= 11 is 6.12. The fraction of sp³-hybridized carbons (Fsp3) is 0.158.